The molecule has 8 heteroatoms. The van der Waals surface area contributed by atoms with Crippen molar-refractivity contribution in [1.29, 1.82) is 0 Å². The predicted octanol–water partition coefficient (Wildman–Crippen LogP) is 3.53. The molecule has 2 aliphatic rings. The fraction of sp³-hybridized carbons (Fsp3) is 0.632. The van der Waals surface area contributed by atoms with Crippen LogP contribution < -0.4 is 11.1 Å². The fourth-order valence-corrected chi connectivity index (χ4v) is 3.62. The smallest absolute Gasteiger partial charge is 0.250 e. The van der Waals surface area contributed by atoms with Gasteiger partial charge >= 0.3 is 0 Å². The molecule has 0 amide bonds. The van der Waals surface area contributed by atoms with Gasteiger partial charge in [0, 0.05) is 25.1 Å². The second kappa shape index (κ2) is 8.29. The lowest BCUT2D eigenvalue weighted by Gasteiger charge is -2.31. The third kappa shape index (κ3) is 5.22. The summed E-state index contributed by atoms with van der Waals surface area (Å²) in [4.78, 5) is 8.44. The molecule has 1 saturated carbocycles. The molecule has 1 aliphatic carbocycles. The highest BCUT2D eigenvalue weighted by molar-refractivity contribution is 5.29. The number of halogens is 2. The van der Waals surface area contributed by atoms with E-state index < -0.39 is 12.0 Å². The minimum Gasteiger partial charge on any atom is -0.389 e. The van der Waals surface area contributed by atoms with Crippen LogP contribution in [0.1, 0.15) is 62.4 Å². The molecule has 0 radical (unpaired) electrons. The summed E-state index contributed by atoms with van der Waals surface area (Å²) < 4.78 is 28.5. The van der Waals surface area contributed by atoms with Crippen molar-refractivity contribution in [2.24, 2.45) is 11.7 Å². The average Bonchev–Trinajstić information content (AvgIpc) is 3.04. The van der Waals surface area contributed by atoms with Gasteiger partial charge in [-0.15, -0.1) is 0 Å². The van der Waals surface area contributed by atoms with E-state index >= 15 is 0 Å². The standard InChI is InChI=1S/C13H17F2N5.C6H11N/c1-8-6-17-12-18-10(7-20(12)19-8)11(16)9-3-2-4-13(14,15)5-9;1-6-4-2-3-5-7-6/h6-7,9,11H,2-5,16H2,1H3;7H,1-5H2. The molecule has 6 nitrogen and oxygen atoms in total. The lowest BCUT2D eigenvalue weighted by Crippen LogP contribution is -2.32. The van der Waals surface area contributed by atoms with E-state index in [1.165, 1.54) is 25.0 Å². The highest BCUT2D eigenvalue weighted by Gasteiger charge is 2.39. The summed E-state index contributed by atoms with van der Waals surface area (Å²) in [5.41, 5.74) is 8.69. The largest absolute Gasteiger partial charge is 0.389 e. The number of rotatable bonds is 2. The minimum atomic E-state index is -2.60. The van der Waals surface area contributed by atoms with Crippen molar-refractivity contribution in [3.8, 4) is 0 Å². The Bertz CT molecular complexity index is 780. The molecule has 27 heavy (non-hydrogen) atoms. The number of imidazole rings is 1. The Morgan fingerprint density at radius 1 is 1.37 bits per heavy atom. The Morgan fingerprint density at radius 2 is 2.19 bits per heavy atom. The summed E-state index contributed by atoms with van der Waals surface area (Å²) in [5.74, 6) is -2.40. The number of aryl methyl sites for hydroxylation is 1. The zero-order valence-corrected chi connectivity index (χ0v) is 15.8. The summed E-state index contributed by atoms with van der Waals surface area (Å²) in [5, 5.41) is 7.43. The molecule has 2 aromatic rings. The van der Waals surface area contributed by atoms with E-state index in [4.69, 9.17) is 5.73 Å². The first-order chi connectivity index (χ1) is 12.8. The van der Waals surface area contributed by atoms with Crippen LogP contribution in [0, 0.1) is 12.8 Å². The van der Waals surface area contributed by atoms with Crippen molar-refractivity contribution in [2.75, 3.05) is 6.54 Å². The maximum atomic E-state index is 13.5. The number of nitrogens with zero attached hydrogens (tertiary/aromatic N) is 4. The van der Waals surface area contributed by atoms with Crippen molar-refractivity contribution >= 4 is 5.78 Å². The molecule has 2 aromatic heterocycles. The Morgan fingerprint density at radius 3 is 2.81 bits per heavy atom. The van der Waals surface area contributed by atoms with Gasteiger partial charge in [0.15, 0.2) is 0 Å². The van der Waals surface area contributed by atoms with Gasteiger partial charge in [-0.1, -0.05) is 6.58 Å². The van der Waals surface area contributed by atoms with Crippen molar-refractivity contribution in [3.63, 3.8) is 0 Å². The van der Waals surface area contributed by atoms with Crippen LogP contribution in [0.4, 0.5) is 8.78 Å². The third-order valence-electron chi connectivity index (χ3n) is 5.13. The number of fused-ring (bicyclic) bond motifs is 1. The van der Waals surface area contributed by atoms with E-state index in [9.17, 15) is 8.78 Å². The monoisotopic (exact) mass is 378 g/mol. The van der Waals surface area contributed by atoms with Crippen molar-refractivity contribution < 1.29 is 8.78 Å². The van der Waals surface area contributed by atoms with E-state index in [0.717, 1.165) is 12.2 Å². The lowest BCUT2D eigenvalue weighted by atomic mass is 9.81. The molecule has 4 rings (SSSR count). The Labute approximate surface area is 158 Å². The Hall–Kier alpha value is -2.09. The number of nitrogens with one attached hydrogen (secondary N) is 1. The topological polar surface area (TPSA) is 81.1 Å². The molecule has 1 saturated heterocycles. The first kappa shape index (κ1) is 19.7. The van der Waals surface area contributed by atoms with Gasteiger partial charge < -0.3 is 11.1 Å². The van der Waals surface area contributed by atoms with Crippen LogP contribution in [0.15, 0.2) is 24.7 Å². The molecular formula is C19H28F2N6. The van der Waals surface area contributed by atoms with E-state index in [2.05, 4.69) is 27.0 Å². The molecular weight excluding hydrogens is 350 g/mol. The molecule has 0 spiro atoms. The molecule has 0 aromatic carbocycles. The van der Waals surface area contributed by atoms with Crippen molar-refractivity contribution in [1.82, 2.24) is 24.9 Å². The van der Waals surface area contributed by atoms with Crippen LogP contribution >= 0.6 is 0 Å². The normalized spacial score (nSPS) is 23.3. The summed E-state index contributed by atoms with van der Waals surface area (Å²) in [6, 6.07) is -0.495. The van der Waals surface area contributed by atoms with Crippen LogP contribution in [0.25, 0.3) is 5.78 Å². The maximum absolute atomic E-state index is 13.5. The maximum Gasteiger partial charge on any atom is 0.250 e. The summed E-state index contributed by atoms with van der Waals surface area (Å²) in [7, 11) is 0. The van der Waals surface area contributed by atoms with Gasteiger partial charge in [-0.2, -0.15) is 5.10 Å². The van der Waals surface area contributed by atoms with Crippen molar-refractivity contribution in [2.45, 2.75) is 63.8 Å². The molecule has 3 heterocycles. The molecule has 148 valence electrons. The Kier molecular flexibility index (Phi) is 6.04. The number of aromatic nitrogens is 4. The number of alkyl halides is 2. The van der Waals surface area contributed by atoms with E-state index in [1.54, 1.807) is 16.9 Å². The summed E-state index contributed by atoms with van der Waals surface area (Å²) in [6.45, 7) is 6.77. The van der Waals surface area contributed by atoms with Gasteiger partial charge in [0.2, 0.25) is 5.92 Å². The van der Waals surface area contributed by atoms with Crippen LogP contribution in [-0.4, -0.2) is 32.0 Å². The van der Waals surface area contributed by atoms with Gasteiger partial charge in [0.1, 0.15) is 0 Å². The zero-order chi connectivity index (χ0) is 19.4. The van der Waals surface area contributed by atoms with Gasteiger partial charge in [0.05, 0.1) is 29.8 Å². The highest BCUT2D eigenvalue weighted by Crippen LogP contribution is 2.41. The fourth-order valence-electron chi connectivity index (χ4n) is 3.62. The van der Waals surface area contributed by atoms with Gasteiger partial charge in [-0.25, -0.2) is 23.3 Å². The van der Waals surface area contributed by atoms with Gasteiger partial charge in [-0.3, -0.25) is 0 Å². The number of allylic oxidation sites excluding steroid dienone is 1. The summed E-state index contributed by atoms with van der Waals surface area (Å²) in [6.07, 6.45) is 8.15. The average molecular weight is 378 g/mol. The molecule has 2 unspecified atom stereocenters. The summed E-state index contributed by atoms with van der Waals surface area (Å²) >= 11 is 0. The first-order valence-electron chi connectivity index (χ1n) is 9.58. The predicted molar refractivity (Wildman–Crippen MR) is 100 cm³/mol. The first-order valence-corrected chi connectivity index (χ1v) is 9.58. The molecule has 2 atom stereocenters. The van der Waals surface area contributed by atoms with E-state index in [-0.39, 0.29) is 18.8 Å². The zero-order valence-electron chi connectivity index (χ0n) is 15.8. The van der Waals surface area contributed by atoms with Gasteiger partial charge in [-0.05, 0) is 44.9 Å². The van der Waals surface area contributed by atoms with Crippen LogP contribution in [0.5, 0.6) is 0 Å². The minimum absolute atomic E-state index is 0.0380. The second-order valence-corrected chi connectivity index (χ2v) is 7.54. The quantitative estimate of drug-likeness (QED) is 0.835. The molecule has 1 aliphatic heterocycles. The lowest BCUT2D eigenvalue weighted by molar-refractivity contribution is -0.0565. The van der Waals surface area contributed by atoms with Crippen LogP contribution in [-0.2, 0) is 0 Å². The molecule has 0 bridgehead atoms. The number of hydrogen-bond acceptors (Lipinski definition) is 5. The number of piperidine rings is 1. The number of hydrogen-bond donors (Lipinski definition) is 2. The van der Waals surface area contributed by atoms with Crippen LogP contribution in [0.2, 0.25) is 0 Å². The van der Waals surface area contributed by atoms with Crippen LogP contribution in [0.3, 0.4) is 0 Å². The van der Waals surface area contributed by atoms with Gasteiger partial charge in [0.25, 0.3) is 5.78 Å². The second-order valence-electron chi connectivity index (χ2n) is 7.54. The third-order valence-corrected chi connectivity index (χ3v) is 5.13. The van der Waals surface area contributed by atoms with E-state index in [0.29, 0.717) is 24.3 Å². The Balaban J connectivity index is 0.000000253. The molecule has 2 fully saturated rings. The molecule has 3 N–H and O–H groups in total. The van der Waals surface area contributed by atoms with Crippen molar-refractivity contribution in [3.05, 3.63) is 36.1 Å². The van der Waals surface area contributed by atoms with E-state index in [1.807, 2.05) is 6.92 Å². The SMILES string of the molecule is C=C1CCCCN1.Cc1cnc2nc(C(N)C3CCCC(F)(F)C3)cn2n1. The number of nitrogens with two attached hydrogens (primary N) is 1. The highest BCUT2D eigenvalue weighted by atomic mass is 19.3.